The molecular weight excluding hydrogens is 244 g/mol. The van der Waals surface area contributed by atoms with Crippen LogP contribution in [0.3, 0.4) is 0 Å². The summed E-state index contributed by atoms with van der Waals surface area (Å²) < 4.78 is 10.0. The fourth-order valence-electron chi connectivity index (χ4n) is 1.28. The summed E-state index contributed by atoms with van der Waals surface area (Å²) in [6.07, 6.45) is 0.719. The Kier molecular flexibility index (Phi) is 4.65. The van der Waals surface area contributed by atoms with Crippen molar-refractivity contribution in [3.63, 3.8) is 0 Å². The van der Waals surface area contributed by atoms with Crippen LogP contribution in [0, 0.1) is 6.92 Å². The molecule has 0 aliphatic heterocycles. The Morgan fingerprint density at radius 3 is 2.71 bits per heavy atom. The van der Waals surface area contributed by atoms with Crippen molar-refractivity contribution in [2.24, 2.45) is 0 Å². The molecule has 7 heteroatoms. The summed E-state index contributed by atoms with van der Waals surface area (Å²) in [4.78, 5) is 4.24. The van der Waals surface area contributed by atoms with E-state index in [0.29, 0.717) is 23.5 Å². The number of hydrogen-bond donors (Lipinski definition) is 1. The van der Waals surface area contributed by atoms with Gasteiger partial charge < -0.3 is 14.4 Å². The fraction of sp³-hybridized carbons (Fsp3) is 0.500. The van der Waals surface area contributed by atoms with Crippen LogP contribution in [-0.4, -0.2) is 28.4 Å². The Hall–Kier alpha value is -1.40. The van der Waals surface area contributed by atoms with Crippen LogP contribution in [0.4, 0.5) is 0 Å². The fourth-order valence-corrected chi connectivity index (χ4v) is 1.28. The second-order valence-corrected chi connectivity index (χ2v) is 3.73. The standard InChI is InChI=1S/C10H14N4O2.ClH/c1-6(11-3)4-9-12-10(16-14-9)8-5-7(2)15-13-8;/h5-6,11H,4H2,1-3H3;1H. The predicted molar refractivity (Wildman–Crippen MR) is 64.0 cm³/mol. The summed E-state index contributed by atoms with van der Waals surface area (Å²) in [7, 11) is 1.90. The van der Waals surface area contributed by atoms with Gasteiger partial charge in [-0.15, -0.1) is 12.4 Å². The lowest BCUT2D eigenvalue weighted by atomic mass is 10.2. The van der Waals surface area contributed by atoms with Gasteiger partial charge in [-0.25, -0.2) is 0 Å². The Labute approximate surface area is 105 Å². The molecule has 2 aromatic heterocycles. The average Bonchev–Trinajstić information content (AvgIpc) is 2.87. The molecular formula is C10H15ClN4O2. The molecule has 0 amide bonds. The van der Waals surface area contributed by atoms with Gasteiger partial charge in [0.1, 0.15) is 5.76 Å². The highest BCUT2D eigenvalue weighted by Crippen LogP contribution is 2.16. The first kappa shape index (κ1) is 13.7. The van der Waals surface area contributed by atoms with Gasteiger partial charge in [0.25, 0.3) is 5.89 Å². The van der Waals surface area contributed by atoms with Crippen molar-refractivity contribution in [3.05, 3.63) is 17.7 Å². The minimum atomic E-state index is 0. The summed E-state index contributed by atoms with van der Waals surface area (Å²) in [5, 5.41) is 10.8. The molecule has 0 radical (unpaired) electrons. The Bertz CT molecular complexity index is 468. The molecule has 17 heavy (non-hydrogen) atoms. The van der Waals surface area contributed by atoms with Crippen molar-refractivity contribution in [1.29, 1.82) is 0 Å². The van der Waals surface area contributed by atoms with Crippen LogP contribution >= 0.6 is 12.4 Å². The first-order chi connectivity index (χ1) is 7.69. The minimum Gasteiger partial charge on any atom is -0.361 e. The topological polar surface area (TPSA) is 77.0 Å². The second-order valence-electron chi connectivity index (χ2n) is 3.73. The summed E-state index contributed by atoms with van der Waals surface area (Å²) in [6, 6.07) is 2.07. The Morgan fingerprint density at radius 1 is 1.35 bits per heavy atom. The van der Waals surface area contributed by atoms with E-state index in [0.717, 1.165) is 12.2 Å². The normalized spacial score (nSPS) is 12.2. The minimum absolute atomic E-state index is 0. The van der Waals surface area contributed by atoms with Crippen LogP contribution < -0.4 is 5.32 Å². The van der Waals surface area contributed by atoms with Crippen molar-refractivity contribution in [2.75, 3.05) is 7.05 Å². The maximum atomic E-state index is 5.10. The van der Waals surface area contributed by atoms with Crippen LogP contribution in [-0.2, 0) is 6.42 Å². The van der Waals surface area contributed by atoms with E-state index in [1.165, 1.54) is 0 Å². The van der Waals surface area contributed by atoms with E-state index in [4.69, 9.17) is 9.05 Å². The maximum absolute atomic E-state index is 5.10. The van der Waals surface area contributed by atoms with Crippen LogP contribution in [0.15, 0.2) is 15.1 Å². The number of aryl methyl sites for hydroxylation is 1. The molecule has 6 nitrogen and oxygen atoms in total. The SMILES string of the molecule is CNC(C)Cc1noc(-c2cc(C)on2)n1.Cl. The molecule has 0 aliphatic carbocycles. The largest absolute Gasteiger partial charge is 0.361 e. The monoisotopic (exact) mass is 258 g/mol. The van der Waals surface area contributed by atoms with Gasteiger partial charge in [-0.2, -0.15) is 4.98 Å². The van der Waals surface area contributed by atoms with Gasteiger partial charge in [0.05, 0.1) is 0 Å². The second kappa shape index (κ2) is 5.79. The van der Waals surface area contributed by atoms with E-state index in [1.54, 1.807) is 6.07 Å². The predicted octanol–water partition coefficient (Wildman–Crippen LogP) is 1.61. The highest BCUT2D eigenvalue weighted by Gasteiger charge is 2.13. The maximum Gasteiger partial charge on any atom is 0.280 e. The average molecular weight is 259 g/mol. The molecule has 0 saturated carbocycles. The third-order valence-electron chi connectivity index (χ3n) is 2.30. The zero-order chi connectivity index (χ0) is 11.5. The van der Waals surface area contributed by atoms with Crippen molar-refractivity contribution < 1.29 is 9.05 Å². The summed E-state index contributed by atoms with van der Waals surface area (Å²) in [5.41, 5.74) is 0.577. The van der Waals surface area contributed by atoms with E-state index in [9.17, 15) is 0 Å². The third kappa shape index (κ3) is 3.28. The van der Waals surface area contributed by atoms with Crippen molar-refractivity contribution in [3.8, 4) is 11.6 Å². The summed E-state index contributed by atoms with van der Waals surface area (Å²) >= 11 is 0. The van der Waals surface area contributed by atoms with Gasteiger partial charge in [-0.05, 0) is 20.9 Å². The molecule has 0 spiro atoms. The van der Waals surface area contributed by atoms with Gasteiger partial charge in [-0.3, -0.25) is 0 Å². The van der Waals surface area contributed by atoms with Crippen LogP contribution in [0.25, 0.3) is 11.6 Å². The zero-order valence-electron chi connectivity index (χ0n) is 9.93. The van der Waals surface area contributed by atoms with Crippen LogP contribution in [0.1, 0.15) is 18.5 Å². The van der Waals surface area contributed by atoms with Gasteiger partial charge in [-0.1, -0.05) is 10.3 Å². The molecule has 0 fully saturated rings. The number of halogens is 1. The van der Waals surface area contributed by atoms with E-state index in [-0.39, 0.29) is 12.4 Å². The van der Waals surface area contributed by atoms with Crippen molar-refractivity contribution in [2.45, 2.75) is 26.3 Å². The van der Waals surface area contributed by atoms with E-state index in [1.807, 2.05) is 14.0 Å². The van der Waals surface area contributed by atoms with E-state index in [2.05, 4.69) is 27.5 Å². The molecule has 2 heterocycles. The Balaban J connectivity index is 0.00000144. The van der Waals surface area contributed by atoms with Gasteiger partial charge in [0, 0.05) is 18.5 Å². The smallest absolute Gasteiger partial charge is 0.280 e. The molecule has 0 bridgehead atoms. The molecule has 0 aliphatic rings. The van der Waals surface area contributed by atoms with E-state index < -0.39 is 0 Å². The molecule has 0 aromatic carbocycles. The zero-order valence-corrected chi connectivity index (χ0v) is 10.7. The number of rotatable bonds is 4. The lowest BCUT2D eigenvalue weighted by molar-refractivity contribution is 0.388. The van der Waals surface area contributed by atoms with Crippen LogP contribution in [0.2, 0.25) is 0 Å². The lowest BCUT2D eigenvalue weighted by Crippen LogP contribution is -2.24. The first-order valence-electron chi connectivity index (χ1n) is 5.12. The molecule has 1 unspecified atom stereocenters. The molecule has 0 saturated heterocycles. The molecule has 2 rings (SSSR count). The summed E-state index contributed by atoms with van der Waals surface area (Å²) in [5.74, 6) is 1.78. The lowest BCUT2D eigenvalue weighted by Gasteiger charge is -2.04. The quantitative estimate of drug-likeness (QED) is 0.898. The number of nitrogens with zero attached hydrogens (tertiary/aromatic N) is 3. The van der Waals surface area contributed by atoms with Gasteiger partial charge in [0.15, 0.2) is 11.5 Å². The molecule has 1 atom stereocenters. The number of hydrogen-bond acceptors (Lipinski definition) is 6. The molecule has 1 N–H and O–H groups in total. The Morgan fingerprint density at radius 2 is 2.12 bits per heavy atom. The molecule has 2 aromatic rings. The third-order valence-corrected chi connectivity index (χ3v) is 2.30. The highest BCUT2D eigenvalue weighted by atomic mass is 35.5. The number of likely N-dealkylation sites (N-methyl/N-ethyl adjacent to an activating group) is 1. The highest BCUT2D eigenvalue weighted by molar-refractivity contribution is 5.85. The first-order valence-corrected chi connectivity index (χ1v) is 5.12. The van der Waals surface area contributed by atoms with Gasteiger partial charge in [0.2, 0.25) is 0 Å². The van der Waals surface area contributed by atoms with Crippen molar-refractivity contribution in [1.82, 2.24) is 20.6 Å². The number of nitrogens with one attached hydrogen (secondary N) is 1. The number of aromatic nitrogens is 3. The summed E-state index contributed by atoms with van der Waals surface area (Å²) in [6.45, 7) is 3.87. The van der Waals surface area contributed by atoms with E-state index >= 15 is 0 Å². The molecule has 94 valence electrons. The van der Waals surface area contributed by atoms with Crippen LogP contribution in [0.5, 0.6) is 0 Å². The van der Waals surface area contributed by atoms with Crippen molar-refractivity contribution >= 4 is 12.4 Å². The van der Waals surface area contributed by atoms with Gasteiger partial charge >= 0.3 is 0 Å².